The maximum absolute atomic E-state index is 12.6. The van der Waals surface area contributed by atoms with Crippen LogP contribution in [0, 0.1) is 11.8 Å². The fourth-order valence-corrected chi connectivity index (χ4v) is 3.02. The van der Waals surface area contributed by atoms with E-state index in [1.807, 2.05) is 4.90 Å². The maximum Gasteiger partial charge on any atom is 0.336 e. The zero-order valence-corrected chi connectivity index (χ0v) is 12.7. The summed E-state index contributed by atoms with van der Waals surface area (Å²) in [5, 5.41) is 9.21. The van der Waals surface area contributed by atoms with Crippen molar-refractivity contribution in [1.82, 2.24) is 4.90 Å². The molecule has 4 heteroatoms. The molecule has 1 unspecified atom stereocenters. The van der Waals surface area contributed by atoms with Crippen molar-refractivity contribution in [2.75, 3.05) is 13.1 Å². The number of carboxylic acid groups (broad SMARTS) is 1. The number of likely N-dealkylation sites (tertiary alicyclic amines) is 1. The molecular weight excluding hydrogens is 266 g/mol. The Balaban J connectivity index is 2.15. The lowest BCUT2D eigenvalue weighted by Crippen LogP contribution is -2.33. The van der Waals surface area contributed by atoms with Gasteiger partial charge in [-0.05, 0) is 43.2 Å². The van der Waals surface area contributed by atoms with Crippen LogP contribution in [-0.2, 0) is 0 Å². The molecule has 2 rings (SSSR count). The van der Waals surface area contributed by atoms with E-state index in [9.17, 15) is 14.7 Å². The summed E-state index contributed by atoms with van der Waals surface area (Å²) >= 11 is 0. The topological polar surface area (TPSA) is 57.6 Å². The number of carbonyl (C=O) groups excluding carboxylic acids is 1. The van der Waals surface area contributed by atoms with Gasteiger partial charge in [-0.1, -0.05) is 26.0 Å². The number of hydrogen-bond donors (Lipinski definition) is 1. The monoisotopic (exact) mass is 289 g/mol. The Morgan fingerprint density at radius 2 is 1.81 bits per heavy atom. The summed E-state index contributed by atoms with van der Waals surface area (Å²) in [7, 11) is 0. The minimum atomic E-state index is -1.05. The SMILES string of the molecule is CC(C)C1CCCN(C(=O)c2ccccc2C(=O)O)CC1. The minimum Gasteiger partial charge on any atom is -0.478 e. The third-order valence-electron chi connectivity index (χ3n) is 4.39. The van der Waals surface area contributed by atoms with Crippen molar-refractivity contribution in [3.05, 3.63) is 35.4 Å². The van der Waals surface area contributed by atoms with Gasteiger partial charge in [0.05, 0.1) is 11.1 Å². The van der Waals surface area contributed by atoms with Crippen LogP contribution >= 0.6 is 0 Å². The fraction of sp³-hybridized carbons (Fsp3) is 0.529. The summed E-state index contributed by atoms with van der Waals surface area (Å²) in [6.45, 7) is 5.88. The molecule has 0 radical (unpaired) electrons. The van der Waals surface area contributed by atoms with E-state index in [2.05, 4.69) is 13.8 Å². The number of carbonyl (C=O) groups is 2. The molecule has 1 aliphatic rings. The van der Waals surface area contributed by atoms with Gasteiger partial charge < -0.3 is 10.0 Å². The first-order chi connectivity index (χ1) is 10.0. The van der Waals surface area contributed by atoms with Crippen LogP contribution in [-0.4, -0.2) is 35.0 Å². The second kappa shape index (κ2) is 6.74. The standard InChI is InChI=1S/C17H23NO3/c1-12(2)13-6-5-10-18(11-9-13)16(19)14-7-3-4-8-15(14)17(20)21/h3-4,7-8,12-13H,5-6,9-11H2,1-2H3,(H,20,21). The number of amides is 1. The molecule has 1 atom stereocenters. The van der Waals surface area contributed by atoms with E-state index >= 15 is 0 Å². The summed E-state index contributed by atoms with van der Waals surface area (Å²) in [6.07, 6.45) is 3.13. The molecule has 1 aliphatic heterocycles. The van der Waals surface area contributed by atoms with Crippen molar-refractivity contribution >= 4 is 11.9 Å². The molecule has 1 N–H and O–H groups in total. The van der Waals surface area contributed by atoms with Gasteiger partial charge in [0.1, 0.15) is 0 Å². The average molecular weight is 289 g/mol. The molecule has 4 nitrogen and oxygen atoms in total. The second-order valence-corrected chi connectivity index (χ2v) is 6.08. The Morgan fingerprint density at radius 1 is 1.14 bits per heavy atom. The molecule has 1 saturated heterocycles. The first kappa shape index (κ1) is 15.5. The van der Waals surface area contributed by atoms with Gasteiger partial charge in [0, 0.05) is 13.1 Å². The summed E-state index contributed by atoms with van der Waals surface area (Å²) in [6, 6.07) is 6.47. The zero-order chi connectivity index (χ0) is 15.4. The van der Waals surface area contributed by atoms with E-state index in [0.717, 1.165) is 32.4 Å². The van der Waals surface area contributed by atoms with Crippen LogP contribution in [0.3, 0.4) is 0 Å². The number of benzene rings is 1. The Kier molecular flexibility index (Phi) is 4.99. The van der Waals surface area contributed by atoms with Gasteiger partial charge in [0.25, 0.3) is 5.91 Å². The quantitative estimate of drug-likeness (QED) is 0.929. The van der Waals surface area contributed by atoms with Gasteiger partial charge in [0.2, 0.25) is 0 Å². The first-order valence-electron chi connectivity index (χ1n) is 7.62. The molecule has 1 fully saturated rings. The van der Waals surface area contributed by atoms with Crippen molar-refractivity contribution in [2.45, 2.75) is 33.1 Å². The van der Waals surface area contributed by atoms with Crippen molar-refractivity contribution in [1.29, 1.82) is 0 Å². The van der Waals surface area contributed by atoms with Crippen LogP contribution in [0.15, 0.2) is 24.3 Å². The summed E-state index contributed by atoms with van der Waals surface area (Å²) in [5.41, 5.74) is 0.389. The third-order valence-corrected chi connectivity index (χ3v) is 4.39. The molecule has 1 aromatic carbocycles. The van der Waals surface area contributed by atoms with E-state index in [-0.39, 0.29) is 11.5 Å². The Bertz CT molecular complexity index is 525. The van der Waals surface area contributed by atoms with Gasteiger partial charge in [-0.2, -0.15) is 0 Å². The van der Waals surface area contributed by atoms with Gasteiger partial charge in [-0.25, -0.2) is 4.79 Å². The van der Waals surface area contributed by atoms with Crippen LogP contribution < -0.4 is 0 Å². The maximum atomic E-state index is 12.6. The molecule has 1 aromatic rings. The largest absolute Gasteiger partial charge is 0.478 e. The number of nitrogens with zero attached hydrogens (tertiary/aromatic N) is 1. The summed E-state index contributed by atoms with van der Waals surface area (Å²) in [4.78, 5) is 25.7. The Hall–Kier alpha value is -1.84. The molecular formula is C17H23NO3. The first-order valence-corrected chi connectivity index (χ1v) is 7.62. The van der Waals surface area contributed by atoms with Crippen molar-refractivity contribution in [2.24, 2.45) is 11.8 Å². The Morgan fingerprint density at radius 3 is 2.43 bits per heavy atom. The highest BCUT2D eigenvalue weighted by atomic mass is 16.4. The number of carboxylic acids is 1. The molecule has 0 bridgehead atoms. The summed E-state index contributed by atoms with van der Waals surface area (Å²) in [5.74, 6) is 0.0788. The lowest BCUT2D eigenvalue weighted by Gasteiger charge is -2.22. The number of aromatic carboxylic acids is 1. The lowest BCUT2D eigenvalue weighted by atomic mass is 9.89. The van der Waals surface area contributed by atoms with Gasteiger partial charge in [-0.15, -0.1) is 0 Å². The fourth-order valence-electron chi connectivity index (χ4n) is 3.02. The van der Waals surface area contributed by atoms with Crippen LogP contribution in [0.2, 0.25) is 0 Å². The van der Waals surface area contributed by atoms with Gasteiger partial charge >= 0.3 is 5.97 Å². The normalized spacial score (nSPS) is 19.4. The molecule has 0 aliphatic carbocycles. The summed E-state index contributed by atoms with van der Waals surface area (Å²) < 4.78 is 0. The van der Waals surface area contributed by atoms with Crippen LogP contribution in [0.25, 0.3) is 0 Å². The highest BCUT2D eigenvalue weighted by molar-refractivity contribution is 6.04. The lowest BCUT2D eigenvalue weighted by molar-refractivity contribution is 0.0675. The zero-order valence-electron chi connectivity index (χ0n) is 12.7. The highest BCUT2D eigenvalue weighted by Crippen LogP contribution is 2.25. The molecule has 0 spiro atoms. The molecule has 114 valence electrons. The van der Waals surface area contributed by atoms with E-state index in [1.165, 1.54) is 6.07 Å². The van der Waals surface area contributed by atoms with Crippen molar-refractivity contribution in [3.63, 3.8) is 0 Å². The average Bonchev–Trinajstić information content (AvgIpc) is 2.72. The van der Waals surface area contributed by atoms with Gasteiger partial charge in [0.15, 0.2) is 0 Å². The molecule has 1 heterocycles. The van der Waals surface area contributed by atoms with E-state index in [4.69, 9.17) is 0 Å². The predicted molar refractivity (Wildman–Crippen MR) is 81.5 cm³/mol. The predicted octanol–water partition coefficient (Wildman–Crippen LogP) is 3.28. The molecule has 0 saturated carbocycles. The number of rotatable bonds is 3. The second-order valence-electron chi connectivity index (χ2n) is 6.08. The molecule has 0 aromatic heterocycles. The molecule has 1 amide bonds. The number of hydrogen-bond acceptors (Lipinski definition) is 2. The van der Waals surface area contributed by atoms with Crippen LogP contribution in [0.1, 0.15) is 53.8 Å². The Labute approximate surface area is 125 Å². The van der Waals surface area contributed by atoms with E-state index in [0.29, 0.717) is 17.4 Å². The van der Waals surface area contributed by atoms with Crippen LogP contribution in [0.5, 0.6) is 0 Å². The van der Waals surface area contributed by atoms with Crippen molar-refractivity contribution in [3.8, 4) is 0 Å². The molecule has 21 heavy (non-hydrogen) atoms. The smallest absolute Gasteiger partial charge is 0.336 e. The highest BCUT2D eigenvalue weighted by Gasteiger charge is 2.25. The third kappa shape index (κ3) is 3.63. The minimum absolute atomic E-state index is 0.0900. The van der Waals surface area contributed by atoms with E-state index in [1.54, 1.807) is 18.2 Å². The van der Waals surface area contributed by atoms with Crippen LogP contribution in [0.4, 0.5) is 0 Å². The van der Waals surface area contributed by atoms with Gasteiger partial charge in [-0.3, -0.25) is 4.79 Å². The van der Waals surface area contributed by atoms with Crippen molar-refractivity contribution < 1.29 is 14.7 Å². The van der Waals surface area contributed by atoms with E-state index < -0.39 is 5.97 Å².